The summed E-state index contributed by atoms with van der Waals surface area (Å²) in [5.41, 5.74) is 6.48. The molecule has 0 aliphatic heterocycles. The molecular formula is C13H19ClFNO. The van der Waals surface area contributed by atoms with Gasteiger partial charge in [0.1, 0.15) is 5.82 Å². The molecule has 0 spiro atoms. The summed E-state index contributed by atoms with van der Waals surface area (Å²) in [7, 11) is 0. The molecule has 1 atom stereocenters. The molecule has 96 valence electrons. The van der Waals surface area contributed by atoms with Gasteiger partial charge in [0.2, 0.25) is 0 Å². The summed E-state index contributed by atoms with van der Waals surface area (Å²) in [5.74, 6) is -0.411. The van der Waals surface area contributed by atoms with Gasteiger partial charge in [0.05, 0.1) is 10.6 Å². The molecule has 0 radical (unpaired) electrons. The summed E-state index contributed by atoms with van der Waals surface area (Å²) >= 11 is 5.63. The van der Waals surface area contributed by atoms with Gasteiger partial charge in [-0.2, -0.15) is 0 Å². The van der Waals surface area contributed by atoms with Crippen LogP contribution in [0.5, 0.6) is 0 Å². The minimum absolute atomic E-state index is 0.131. The Kier molecular flexibility index (Phi) is 4.92. The van der Waals surface area contributed by atoms with Crippen molar-refractivity contribution < 1.29 is 9.13 Å². The second kappa shape index (κ2) is 5.80. The molecule has 17 heavy (non-hydrogen) atoms. The highest BCUT2D eigenvalue weighted by molar-refractivity contribution is 6.30. The topological polar surface area (TPSA) is 35.2 Å². The maximum atomic E-state index is 13.3. The first-order chi connectivity index (χ1) is 7.86. The van der Waals surface area contributed by atoms with Gasteiger partial charge in [0.15, 0.2) is 0 Å². The standard InChI is InChI=1S/C13H19ClFNO/c1-4-17-13(2,3)12(16)8-9-5-6-10(14)11(15)7-9/h5-7,12H,4,8,16H2,1-3H3. The molecule has 0 bridgehead atoms. The van der Waals surface area contributed by atoms with Crippen molar-refractivity contribution in [2.24, 2.45) is 5.73 Å². The SMILES string of the molecule is CCOC(C)(C)C(N)Cc1ccc(Cl)c(F)c1. The van der Waals surface area contributed by atoms with Crippen molar-refractivity contribution in [1.29, 1.82) is 0 Å². The Bertz CT molecular complexity index is 382. The molecule has 0 heterocycles. The van der Waals surface area contributed by atoms with E-state index in [0.717, 1.165) is 5.56 Å². The van der Waals surface area contributed by atoms with Gasteiger partial charge in [-0.3, -0.25) is 0 Å². The molecule has 0 saturated carbocycles. The Labute approximate surface area is 107 Å². The minimum atomic E-state index is -0.426. The van der Waals surface area contributed by atoms with E-state index < -0.39 is 11.4 Å². The predicted octanol–water partition coefficient (Wildman–Crippen LogP) is 3.16. The van der Waals surface area contributed by atoms with Gasteiger partial charge in [-0.15, -0.1) is 0 Å². The predicted molar refractivity (Wildman–Crippen MR) is 68.8 cm³/mol. The fourth-order valence-corrected chi connectivity index (χ4v) is 1.76. The lowest BCUT2D eigenvalue weighted by Gasteiger charge is -2.31. The molecule has 0 fully saturated rings. The van der Waals surface area contributed by atoms with E-state index >= 15 is 0 Å². The lowest BCUT2D eigenvalue weighted by atomic mass is 9.93. The van der Waals surface area contributed by atoms with Crippen LogP contribution >= 0.6 is 11.6 Å². The van der Waals surface area contributed by atoms with E-state index in [0.29, 0.717) is 13.0 Å². The van der Waals surface area contributed by atoms with Crippen LogP contribution in [0.1, 0.15) is 26.3 Å². The molecule has 0 saturated heterocycles. The molecule has 0 aromatic heterocycles. The van der Waals surface area contributed by atoms with E-state index in [-0.39, 0.29) is 11.1 Å². The Morgan fingerprint density at radius 3 is 2.65 bits per heavy atom. The molecule has 0 amide bonds. The van der Waals surface area contributed by atoms with Gasteiger partial charge in [0, 0.05) is 12.6 Å². The summed E-state index contributed by atoms with van der Waals surface area (Å²) in [6.45, 7) is 6.41. The monoisotopic (exact) mass is 259 g/mol. The van der Waals surface area contributed by atoms with E-state index in [1.165, 1.54) is 6.07 Å². The quantitative estimate of drug-likeness (QED) is 0.882. The van der Waals surface area contributed by atoms with Gasteiger partial charge >= 0.3 is 0 Å². The number of rotatable bonds is 5. The molecular weight excluding hydrogens is 241 g/mol. The number of nitrogens with two attached hydrogens (primary N) is 1. The average Bonchev–Trinajstić information content (AvgIpc) is 2.23. The minimum Gasteiger partial charge on any atom is -0.374 e. The largest absolute Gasteiger partial charge is 0.374 e. The lowest BCUT2D eigenvalue weighted by Crippen LogP contribution is -2.46. The first-order valence-corrected chi connectivity index (χ1v) is 6.08. The zero-order valence-electron chi connectivity index (χ0n) is 10.5. The first-order valence-electron chi connectivity index (χ1n) is 5.70. The van der Waals surface area contributed by atoms with Crippen LogP contribution in [0.3, 0.4) is 0 Å². The Morgan fingerprint density at radius 2 is 2.12 bits per heavy atom. The summed E-state index contributed by atoms with van der Waals surface area (Å²) in [5, 5.41) is 0.131. The third-order valence-corrected chi connectivity index (χ3v) is 3.16. The van der Waals surface area contributed by atoms with Crippen LogP contribution in [0.15, 0.2) is 18.2 Å². The second-order valence-corrected chi connectivity index (χ2v) is 5.00. The zero-order chi connectivity index (χ0) is 13.1. The van der Waals surface area contributed by atoms with Crippen molar-refractivity contribution in [3.63, 3.8) is 0 Å². The second-order valence-electron chi connectivity index (χ2n) is 4.60. The zero-order valence-corrected chi connectivity index (χ0v) is 11.2. The molecule has 1 rings (SSSR count). The van der Waals surface area contributed by atoms with Crippen LogP contribution in [0.2, 0.25) is 5.02 Å². The third kappa shape index (κ3) is 3.95. The van der Waals surface area contributed by atoms with Crippen molar-refractivity contribution in [2.45, 2.75) is 38.8 Å². The van der Waals surface area contributed by atoms with Crippen LogP contribution in [0, 0.1) is 5.82 Å². The third-order valence-electron chi connectivity index (χ3n) is 2.85. The van der Waals surface area contributed by atoms with E-state index in [9.17, 15) is 4.39 Å². The van der Waals surface area contributed by atoms with Gasteiger partial charge in [0.25, 0.3) is 0 Å². The fraction of sp³-hybridized carbons (Fsp3) is 0.538. The van der Waals surface area contributed by atoms with Gasteiger partial charge in [-0.05, 0) is 44.9 Å². The molecule has 0 aliphatic rings. The Balaban J connectivity index is 2.73. The number of hydrogen-bond acceptors (Lipinski definition) is 2. The van der Waals surface area contributed by atoms with E-state index in [2.05, 4.69) is 0 Å². The maximum Gasteiger partial charge on any atom is 0.142 e. The molecule has 1 aromatic rings. The van der Waals surface area contributed by atoms with E-state index in [4.69, 9.17) is 22.1 Å². The lowest BCUT2D eigenvalue weighted by molar-refractivity contribution is -0.0288. The molecule has 0 aliphatic carbocycles. The van der Waals surface area contributed by atoms with Crippen molar-refractivity contribution in [2.75, 3.05) is 6.61 Å². The molecule has 1 unspecified atom stereocenters. The maximum absolute atomic E-state index is 13.3. The molecule has 1 aromatic carbocycles. The Hall–Kier alpha value is -0.640. The first kappa shape index (κ1) is 14.4. The van der Waals surface area contributed by atoms with E-state index in [1.807, 2.05) is 20.8 Å². The smallest absolute Gasteiger partial charge is 0.142 e. The van der Waals surface area contributed by atoms with Crippen molar-refractivity contribution >= 4 is 11.6 Å². The summed E-state index contributed by atoms with van der Waals surface area (Å²) in [4.78, 5) is 0. The highest BCUT2D eigenvalue weighted by Gasteiger charge is 2.26. The number of ether oxygens (including phenoxy) is 1. The van der Waals surface area contributed by atoms with Crippen LogP contribution in [0.25, 0.3) is 0 Å². The molecule has 2 N–H and O–H groups in total. The summed E-state index contributed by atoms with van der Waals surface area (Å²) in [6.07, 6.45) is 0.557. The number of benzene rings is 1. The van der Waals surface area contributed by atoms with Crippen molar-refractivity contribution in [1.82, 2.24) is 0 Å². The van der Waals surface area contributed by atoms with Crippen LogP contribution in [-0.2, 0) is 11.2 Å². The van der Waals surface area contributed by atoms with Crippen LogP contribution in [0.4, 0.5) is 4.39 Å². The van der Waals surface area contributed by atoms with Crippen molar-refractivity contribution in [3.8, 4) is 0 Å². The number of hydrogen-bond donors (Lipinski definition) is 1. The van der Waals surface area contributed by atoms with E-state index in [1.54, 1.807) is 12.1 Å². The van der Waals surface area contributed by atoms with Crippen LogP contribution in [-0.4, -0.2) is 18.2 Å². The summed E-state index contributed by atoms with van der Waals surface area (Å²) in [6, 6.07) is 4.56. The van der Waals surface area contributed by atoms with Gasteiger partial charge in [-0.1, -0.05) is 17.7 Å². The fourth-order valence-electron chi connectivity index (χ4n) is 1.65. The molecule has 2 nitrogen and oxygen atoms in total. The van der Waals surface area contributed by atoms with Crippen LogP contribution < -0.4 is 5.73 Å². The highest BCUT2D eigenvalue weighted by atomic mass is 35.5. The van der Waals surface area contributed by atoms with Crippen molar-refractivity contribution in [3.05, 3.63) is 34.6 Å². The number of halogens is 2. The van der Waals surface area contributed by atoms with Gasteiger partial charge in [-0.25, -0.2) is 4.39 Å². The molecule has 4 heteroatoms. The summed E-state index contributed by atoms with van der Waals surface area (Å²) < 4.78 is 18.8. The average molecular weight is 260 g/mol. The normalized spacial score (nSPS) is 13.8. The van der Waals surface area contributed by atoms with Gasteiger partial charge < -0.3 is 10.5 Å². The Morgan fingerprint density at radius 1 is 1.47 bits per heavy atom. The highest BCUT2D eigenvalue weighted by Crippen LogP contribution is 2.20.